The normalized spacial score (nSPS) is 10.3. The van der Waals surface area contributed by atoms with Crippen LogP contribution in [0.25, 0.3) is 11.5 Å². The van der Waals surface area contributed by atoms with Gasteiger partial charge in [0, 0.05) is 6.42 Å². The Morgan fingerprint density at radius 2 is 2.11 bits per heavy atom. The Kier molecular flexibility index (Phi) is 2.79. The number of nitriles is 1. The summed E-state index contributed by atoms with van der Waals surface area (Å²) in [4.78, 5) is 4.27. The summed E-state index contributed by atoms with van der Waals surface area (Å²) >= 11 is 0. The molecule has 0 aliphatic rings. The van der Waals surface area contributed by atoms with Gasteiger partial charge in [0.1, 0.15) is 11.8 Å². The Hall–Kier alpha value is -2.94. The molecular formula is C13H9N5O. The van der Waals surface area contributed by atoms with Crippen LogP contribution in [0.3, 0.4) is 0 Å². The maximum absolute atomic E-state index is 8.90. The highest BCUT2D eigenvalue weighted by Gasteiger charge is 2.14. The first-order valence-electron chi connectivity index (χ1n) is 5.67. The van der Waals surface area contributed by atoms with Crippen molar-refractivity contribution >= 4 is 0 Å². The van der Waals surface area contributed by atoms with Crippen LogP contribution < -0.4 is 0 Å². The molecule has 0 saturated heterocycles. The molecule has 1 aromatic carbocycles. The van der Waals surface area contributed by atoms with Crippen LogP contribution in [-0.4, -0.2) is 20.3 Å². The summed E-state index contributed by atoms with van der Waals surface area (Å²) in [5.74, 6) is 0.877. The quantitative estimate of drug-likeness (QED) is 0.767. The number of aromatic nitrogens is 4. The molecule has 0 saturated carbocycles. The Bertz CT molecular complexity index is 723. The van der Waals surface area contributed by atoms with Gasteiger partial charge < -0.3 is 4.52 Å². The van der Waals surface area contributed by atoms with Gasteiger partial charge in [0.15, 0.2) is 5.82 Å². The number of hydrogen-bond donors (Lipinski definition) is 1. The molecule has 3 rings (SSSR count). The molecule has 0 fully saturated rings. The highest BCUT2D eigenvalue weighted by molar-refractivity contribution is 5.59. The standard InChI is InChI=1S/C13H9N5O/c14-7-11-10(8-15-17-11)13-16-12(18-19-13)6-9-4-2-1-3-5-9/h1-5,8H,6H2,(H,15,17). The lowest BCUT2D eigenvalue weighted by Gasteiger charge is -1.93. The SMILES string of the molecule is N#Cc1[nH]ncc1-c1nc(Cc2ccccc2)no1. The van der Waals surface area contributed by atoms with Crippen molar-refractivity contribution < 1.29 is 4.52 Å². The van der Waals surface area contributed by atoms with Gasteiger partial charge in [-0.3, -0.25) is 5.10 Å². The molecule has 0 spiro atoms. The smallest absolute Gasteiger partial charge is 0.262 e. The third-order valence-corrected chi connectivity index (χ3v) is 2.65. The van der Waals surface area contributed by atoms with Crippen molar-refractivity contribution in [3.05, 3.63) is 53.6 Å². The van der Waals surface area contributed by atoms with Gasteiger partial charge in [-0.15, -0.1) is 0 Å². The Labute approximate surface area is 108 Å². The summed E-state index contributed by atoms with van der Waals surface area (Å²) in [6.45, 7) is 0. The van der Waals surface area contributed by atoms with Crippen LogP contribution in [-0.2, 0) is 6.42 Å². The molecule has 19 heavy (non-hydrogen) atoms. The van der Waals surface area contributed by atoms with Gasteiger partial charge in [-0.1, -0.05) is 35.5 Å². The van der Waals surface area contributed by atoms with Gasteiger partial charge in [-0.05, 0) is 5.56 Å². The summed E-state index contributed by atoms with van der Waals surface area (Å²) in [5, 5.41) is 19.2. The van der Waals surface area contributed by atoms with E-state index in [-0.39, 0.29) is 0 Å². The molecule has 0 unspecified atom stereocenters. The van der Waals surface area contributed by atoms with Crippen LogP contribution in [0.5, 0.6) is 0 Å². The minimum atomic E-state index is 0.302. The first kappa shape index (κ1) is 11.2. The predicted molar refractivity (Wildman–Crippen MR) is 65.8 cm³/mol. The molecular weight excluding hydrogens is 242 g/mol. The van der Waals surface area contributed by atoms with E-state index < -0.39 is 0 Å². The Balaban J connectivity index is 1.86. The number of benzene rings is 1. The largest absolute Gasteiger partial charge is 0.334 e. The van der Waals surface area contributed by atoms with Crippen LogP contribution in [0.2, 0.25) is 0 Å². The first-order chi connectivity index (χ1) is 9.36. The average molecular weight is 251 g/mol. The highest BCUT2D eigenvalue weighted by atomic mass is 16.5. The zero-order chi connectivity index (χ0) is 13.1. The summed E-state index contributed by atoms with van der Waals surface area (Å²) < 4.78 is 5.15. The van der Waals surface area contributed by atoms with E-state index in [1.807, 2.05) is 36.4 Å². The second-order valence-corrected chi connectivity index (χ2v) is 3.95. The van der Waals surface area contributed by atoms with Crippen molar-refractivity contribution in [1.29, 1.82) is 5.26 Å². The molecule has 0 amide bonds. The third-order valence-electron chi connectivity index (χ3n) is 2.65. The topological polar surface area (TPSA) is 91.4 Å². The number of aromatic amines is 1. The zero-order valence-electron chi connectivity index (χ0n) is 9.87. The zero-order valence-corrected chi connectivity index (χ0v) is 9.87. The minimum absolute atomic E-state index is 0.302. The molecule has 2 heterocycles. The molecule has 6 nitrogen and oxygen atoms in total. The number of hydrogen-bond acceptors (Lipinski definition) is 5. The van der Waals surface area contributed by atoms with Crippen molar-refractivity contribution in [3.8, 4) is 17.5 Å². The van der Waals surface area contributed by atoms with Gasteiger partial charge in [0.05, 0.1) is 11.8 Å². The molecule has 0 aliphatic heterocycles. The van der Waals surface area contributed by atoms with Crippen LogP contribution in [0.1, 0.15) is 17.1 Å². The van der Waals surface area contributed by atoms with Gasteiger partial charge in [-0.2, -0.15) is 15.3 Å². The summed E-state index contributed by atoms with van der Waals surface area (Å²) in [6, 6.07) is 11.8. The summed E-state index contributed by atoms with van der Waals surface area (Å²) in [7, 11) is 0. The third kappa shape index (κ3) is 2.21. The number of nitrogens with one attached hydrogen (secondary N) is 1. The fourth-order valence-electron chi connectivity index (χ4n) is 1.75. The fourth-order valence-corrected chi connectivity index (χ4v) is 1.75. The van der Waals surface area contributed by atoms with E-state index >= 15 is 0 Å². The maximum atomic E-state index is 8.90. The van der Waals surface area contributed by atoms with Crippen LogP contribution >= 0.6 is 0 Å². The number of nitrogens with zero attached hydrogens (tertiary/aromatic N) is 4. The molecule has 1 N–H and O–H groups in total. The molecule has 0 atom stereocenters. The van der Waals surface area contributed by atoms with E-state index in [2.05, 4.69) is 20.3 Å². The van der Waals surface area contributed by atoms with E-state index in [1.54, 1.807) is 0 Å². The maximum Gasteiger partial charge on any atom is 0.262 e. The van der Waals surface area contributed by atoms with Gasteiger partial charge in [0.25, 0.3) is 5.89 Å². The van der Waals surface area contributed by atoms with Crippen molar-refractivity contribution in [3.63, 3.8) is 0 Å². The van der Waals surface area contributed by atoms with Crippen molar-refractivity contribution in [2.75, 3.05) is 0 Å². The monoisotopic (exact) mass is 251 g/mol. The summed E-state index contributed by atoms with van der Waals surface area (Å²) in [5.41, 5.74) is 1.94. The molecule has 92 valence electrons. The van der Waals surface area contributed by atoms with E-state index in [0.29, 0.717) is 29.4 Å². The van der Waals surface area contributed by atoms with Crippen LogP contribution in [0.4, 0.5) is 0 Å². The molecule has 2 aromatic heterocycles. The first-order valence-corrected chi connectivity index (χ1v) is 5.67. The molecule has 0 radical (unpaired) electrons. The van der Waals surface area contributed by atoms with Gasteiger partial charge >= 0.3 is 0 Å². The lowest BCUT2D eigenvalue weighted by molar-refractivity contribution is 0.424. The molecule has 0 aliphatic carbocycles. The lowest BCUT2D eigenvalue weighted by atomic mass is 10.1. The fraction of sp³-hybridized carbons (Fsp3) is 0.0769. The van der Waals surface area contributed by atoms with Crippen molar-refractivity contribution in [1.82, 2.24) is 20.3 Å². The second kappa shape index (κ2) is 4.74. The minimum Gasteiger partial charge on any atom is -0.334 e. The molecule has 0 bridgehead atoms. The number of rotatable bonds is 3. The van der Waals surface area contributed by atoms with Gasteiger partial charge in [0.2, 0.25) is 0 Å². The highest BCUT2D eigenvalue weighted by Crippen LogP contribution is 2.19. The second-order valence-electron chi connectivity index (χ2n) is 3.95. The van der Waals surface area contributed by atoms with E-state index in [4.69, 9.17) is 9.78 Å². The Morgan fingerprint density at radius 3 is 2.89 bits per heavy atom. The van der Waals surface area contributed by atoms with Gasteiger partial charge in [-0.25, -0.2) is 0 Å². The van der Waals surface area contributed by atoms with Crippen molar-refractivity contribution in [2.45, 2.75) is 6.42 Å². The predicted octanol–water partition coefficient (Wildman–Crippen LogP) is 1.92. The molecule has 3 aromatic rings. The van der Waals surface area contributed by atoms with Crippen molar-refractivity contribution in [2.24, 2.45) is 0 Å². The van der Waals surface area contributed by atoms with Crippen LogP contribution in [0.15, 0.2) is 41.1 Å². The molecule has 6 heteroatoms. The Morgan fingerprint density at radius 1 is 1.26 bits per heavy atom. The summed E-state index contributed by atoms with van der Waals surface area (Å²) in [6.07, 6.45) is 2.09. The lowest BCUT2D eigenvalue weighted by Crippen LogP contribution is -1.90. The van der Waals surface area contributed by atoms with E-state index in [9.17, 15) is 0 Å². The van der Waals surface area contributed by atoms with Crippen LogP contribution in [0, 0.1) is 11.3 Å². The number of H-pyrrole nitrogens is 1. The van der Waals surface area contributed by atoms with E-state index in [0.717, 1.165) is 5.56 Å². The van der Waals surface area contributed by atoms with E-state index in [1.165, 1.54) is 6.20 Å². The average Bonchev–Trinajstić information content (AvgIpc) is 3.07.